The summed E-state index contributed by atoms with van der Waals surface area (Å²) in [5.74, 6) is -7.07. The number of nitrogens with zero attached hydrogens (tertiary/aromatic N) is 2. The van der Waals surface area contributed by atoms with Gasteiger partial charge < -0.3 is 9.97 Å². The Morgan fingerprint density at radius 1 is 0.364 bits per heavy atom. The minimum Gasteiger partial charge on any atom is -0.337 e. The Kier molecular flexibility index (Phi) is 6.86. The van der Waals surface area contributed by atoms with Crippen LogP contribution in [0.15, 0.2) is 121 Å². The summed E-state index contributed by atoms with van der Waals surface area (Å²) in [6.45, 7) is 0. The van der Waals surface area contributed by atoms with E-state index in [9.17, 15) is 0 Å². The van der Waals surface area contributed by atoms with Crippen LogP contribution in [0.2, 0.25) is 0 Å². The molecule has 2 N–H and O–H groups in total. The first-order chi connectivity index (χ1) is 21.5. The lowest BCUT2D eigenvalue weighted by atomic mass is 10.1. The van der Waals surface area contributed by atoms with Crippen LogP contribution in [0.1, 0.15) is 0 Å². The Bertz CT molecular complexity index is 1790. The highest BCUT2D eigenvalue weighted by Crippen LogP contribution is 2.40. The van der Waals surface area contributed by atoms with Crippen molar-refractivity contribution in [1.29, 1.82) is 0 Å². The van der Waals surface area contributed by atoms with Gasteiger partial charge in [0.1, 0.15) is 11.6 Å². The first kappa shape index (κ1) is 27.1. The van der Waals surface area contributed by atoms with Gasteiger partial charge in [0.25, 0.3) is 0 Å². The number of imidazole rings is 2. The number of aromatic nitrogens is 4. The van der Waals surface area contributed by atoms with Gasteiger partial charge >= 0.3 is 0 Å². The van der Waals surface area contributed by atoms with Gasteiger partial charge in [0.15, 0.2) is 23.3 Å². The lowest BCUT2D eigenvalue weighted by Gasteiger charge is -2.09. The summed E-state index contributed by atoms with van der Waals surface area (Å²) >= 11 is 0. The molecular weight excluding hydrogens is 564 g/mol. The third kappa shape index (κ3) is 4.66. The van der Waals surface area contributed by atoms with Gasteiger partial charge in [-0.3, -0.25) is 0 Å². The van der Waals surface area contributed by atoms with Crippen molar-refractivity contribution in [2.45, 2.75) is 0 Å². The number of hydrogen-bond donors (Lipinski definition) is 2. The lowest BCUT2D eigenvalue weighted by molar-refractivity contribution is 0.461. The van der Waals surface area contributed by atoms with Gasteiger partial charge in [-0.15, -0.1) is 0 Å². The zero-order valence-corrected chi connectivity index (χ0v) is 23.0. The van der Waals surface area contributed by atoms with Gasteiger partial charge in [0.05, 0.1) is 33.9 Å². The molecule has 0 aliphatic carbocycles. The van der Waals surface area contributed by atoms with Gasteiger partial charge in [-0.1, -0.05) is 121 Å². The zero-order valence-electron chi connectivity index (χ0n) is 23.0. The predicted octanol–water partition coefficient (Wildman–Crippen LogP) is 9.69. The van der Waals surface area contributed by atoms with E-state index in [4.69, 9.17) is 0 Å². The lowest BCUT2D eigenvalue weighted by Crippen LogP contribution is -2.05. The van der Waals surface area contributed by atoms with E-state index in [1.54, 1.807) is 97.1 Å². The highest BCUT2D eigenvalue weighted by Gasteiger charge is 2.32. The molecule has 2 aromatic heterocycles. The Morgan fingerprint density at radius 3 is 0.932 bits per heavy atom. The molecule has 0 saturated carbocycles. The number of nitrogens with one attached hydrogen (secondary N) is 2. The van der Waals surface area contributed by atoms with E-state index < -0.39 is 34.4 Å². The van der Waals surface area contributed by atoms with Crippen molar-refractivity contribution < 1.29 is 17.6 Å². The quantitative estimate of drug-likeness (QED) is 0.151. The average molecular weight is 587 g/mol. The Hall–Kier alpha value is -5.76. The van der Waals surface area contributed by atoms with Gasteiger partial charge in [0, 0.05) is 22.3 Å². The molecule has 2 heterocycles. The third-order valence-corrected chi connectivity index (χ3v) is 7.36. The molecule has 7 aromatic rings. The maximum Gasteiger partial charge on any atom is 0.173 e. The molecule has 4 nitrogen and oxygen atoms in total. The molecule has 44 heavy (non-hydrogen) atoms. The molecule has 0 aliphatic heterocycles. The van der Waals surface area contributed by atoms with E-state index in [2.05, 4.69) is 19.9 Å². The maximum atomic E-state index is 15.9. The molecule has 0 radical (unpaired) electrons. The van der Waals surface area contributed by atoms with Crippen LogP contribution >= 0.6 is 0 Å². The number of hydrogen-bond acceptors (Lipinski definition) is 2. The fraction of sp³-hybridized carbons (Fsp3) is 0. The molecule has 7 rings (SSSR count). The fourth-order valence-corrected chi connectivity index (χ4v) is 5.27. The Balaban J connectivity index is 1.41. The van der Waals surface area contributed by atoms with E-state index in [0.717, 1.165) is 0 Å². The SMILES string of the molecule is Fc1c(F)c(-c2nc(-c3ccccc3)c(-c3ccccc3)[nH]2)c(F)c(F)c1-c1nc(-c2ccccc2)c(-c2ccccc2)[nH]1. The van der Waals surface area contributed by atoms with Crippen molar-refractivity contribution in [2.24, 2.45) is 0 Å². The normalized spacial score (nSPS) is 11.2. The van der Waals surface area contributed by atoms with Crippen LogP contribution in [0.3, 0.4) is 0 Å². The van der Waals surface area contributed by atoms with Gasteiger partial charge in [-0.25, -0.2) is 27.5 Å². The van der Waals surface area contributed by atoms with E-state index in [-0.39, 0.29) is 11.6 Å². The van der Waals surface area contributed by atoms with Crippen LogP contribution in [0.25, 0.3) is 67.8 Å². The smallest absolute Gasteiger partial charge is 0.173 e. The molecule has 0 bridgehead atoms. The molecule has 0 fully saturated rings. The fourth-order valence-electron chi connectivity index (χ4n) is 5.27. The minimum atomic E-state index is -1.59. The molecule has 0 amide bonds. The summed E-state index contributed by atoms with van der Waals surface area (Å²) in [5.41, 5.74) is 2.44. The molecule has 8 heteroatoms. The van der Waals surface area contributed by atoms with Gasteiger partial charge in [-0.05, 0) is 0 Å². The van der Waals surface area contributed by atoms with Gasteiger partial charge in [-0.2, -0.15) is 0 Å². The van der Waals surface area contributed by atoms with Crippen LogP contribution in [0, 0.1) is 23.3 Å². The number of halogens is 4. The van der Waals surface area contributed by atoms with Crippen LogP contribution < -0.4 is 0 Å². The zero-order chi connectivity index (χ0) is 30.2. The van der Waals surface area contributed by atoms with Crippen molar-refractivity contribution >= 4 is 0 Å². The summed E-state index contributed by atoms with van der Waals surface area (Å²) < 4.78 is 63.6. The molecule has 0 unspecified atom stereocenters. The van der Waals surface area contributed by atoms with Crippen LogP contribution in [0.4, 0.5) is 17.6 Å². The second kappa shape index (κ2) is 11.1. The maximum absolute atomic E-state index is 15.9. The molecular formula is C36H22F4N4. The summed E-state index contributed by atoms with van der Waals surface area (Å²) in [4.78, 5) is 14.7. The monoisotopic (exact) mass is 586 g/mol. The topological polar surface area (TPSA) is 57.4 Å². The largest absolute Gasteiger partial charge is 0.337 e. The molecule has 5 aromatic carbocycles. The highest BCUT2D eigenvalue weighted by molar-refractivity contribution is 5.83. The second-order valence-corrected chi connectivity index (χ2v) is 10.1. The first-order valence-corrected chi connectivity index (χ1v) is 13.8. The van der Waals surface area contributed by atoms with Gasteiger partial charge in [0.2, 0.25) is 0 Å². The Labute approximate surface area is 249 Å². The van der Waals surface area contributed by atoms with Crippen LogP contribution in [-0.4, -0.2) is 19.9 Å². The third-order valence-electron chi connectivity index (χ3n) is 7.36. The molecule has 0 aliphatic rings. The number of aromatic amines is 2. The highest BCUT2D eigenvalue weighted by atomic mass is 19.2. The molecule has 0 spiro atoms. The standard InChI is InChI=1S/C36H22F4N4/c37-27-25(35-41-31(21-13-5-1-6-14-21)32(42-35)22-15-7-2-8-16-22)28(38)30(40)26(29(27)39)36-43-33(23-17-9-3-10-18-23)34(44-36)24-19-11-4-12-20-24/h1-20H,(H,41,42)(H,43,44). The summed E-state index contributed by atoms with van der Waals surface area (Å²) in [5, 5.41) is 0. The van der Waals surface area contributed by atoms with E-state index in [1.807, 2.05) is 24.3 Å². The predicted molar refractivity (Wildman–Crippen MR) is 163 cm³/mol. The summed E-state index contributed by atoms with van der Waals surface area (Å²) in [6, 6.07) is 36.0. The van der Waals surface area contributed by atoms with Crippen molar-refractivity contribution in [3.05, 3.63) is 145 Å². The number of rotatable bonds is 6. The van der Waals surface area contributed by atoms with Crippen LogP contribution in [-0.2, 0) is 0 Å². The first-order valence-electron chi connectivity index (χ1n) is 13.8. The second-order valence-electron chi connectivity index (χ2n) is 10.1. The number of H-pyrrole nitrogens is 2. The molecule has 0 saturated heterocycles. The molecule has 214 valence electrons. The van der Waals surface area contributed by atoms with Crippen molar-refractivity contribution in [3.63, 3.8) is 0 Å². The Morgan fingerprint density at radius 2 is 0.636 bits per heavy atom. The van der Waals surface area contributed by atoms with Crippen LogP contribution in [0.5, 0.6) is 0 Å². The van der Waals surface area contributed by atoms with Crippen molar-refractivity contribution in [1.82, 2.24) is 19.9 Å². The van der Waals surface area contributed by atoms with Crippen molar-refractivity contribution in [3.8, 4) is 67.8 Å². The number of benzene rings is 5. The molecule has 0 atom stereocenters. The summed E-state index contributed by atoms with van der Waals surface area (Å²) in [6.07, 6.45) is 0. The minimum absolute atomic E-state index is 0.351. The summed E-state index contributed by atoms with van der Waals surface area (Å²) in [7, 11) is 0. The van der Waals surface area contributed by atoms with E-state index in [1.165, 1.54) is 0 Å². The van der Waals surface area contributed by atoms with Crippen molar-refractivity contribution in [2.75, 3.05) is 0 Å². The average Bonchev–Trinajstić information content (AvgIpc) is 3.72. The van der Waals surface area contributed by atoms with E-state index >= 15 is 17.6 Å². The van der Waals surface area contributed by atoms with E-state index in [0.29, 0.717) is 45.0 Å².